The summed E-state index contributed by atoms with van der Waals surface area (Å²) in [6, 6.07) is 20.1. The molecular weight excluding hydrogens is 406 g/mol. The van der Waals surface area contributed by atoms with Gasteiger partial charge in [0.25, 0.3) is 0 Å². The molecule has 3 aromatic heterocycles. The number of imidazole rings is 1. The minimum absolute atomic E-state index is 0.0297. The zero-order chi connectivity index (χ0) is 21.2. The Balaban J connectivity index is 1.27. The third kappa shape index (κ3) is 4.13. The van der Waals surface area contributed by atoms with E-state index in [9.17, 15) is 4.79 Å². The third-order valence-electron chi connectivity index (χ3n) is 5.20. The number of anilines is 2. The number of hydrogen-bond acceptors (Lipinski definition) is 5. The van der Waals surface area contributed by atoms with Crippen LogP contribution in [0.25, 0.3) is 21.1 Å². The maximum Gasteiger partial charge on any atom is 0.229 e. The lowest BCUT2D eigenvalue weighted by molar-refractivity contribution is -0.115. The van der Waals surface area contributed by atoms with Crippen molar-refractivity contribution in [3.05, 3.63) is 83.8 Å². The predicted octanol–water partition coefficient (Wildman–Crippen LogP) is 4.98. The second kappa shape index (κ2) is 8.20. The smallest absolute Gasteiger partial charge is 0.229 e. The van der Waals surface area contributed by atoms with Crippen molar-refractivity contribution in [2.45, 2.75) is 13.0 Å². The van der Waals surface area contributed by atoms with Crippen molar-refractivity contribution < 1.29 is 4.79 Å². The van der Waals surface area contributed by atoms with E-state index >= 15 is 0 Å². The molecule has 0 saturated carbocycles. The van der Waals surface area contributed by atoms with Crippen LogP contribution in [0.2, 0.25) is 0 Å². The van der Waals surface area contributed by atoms with Crippen LogP contribution in [0.4, 0.5) is 11.4 Å². The number of nitrogens with zero attached hydrogens (tertiary/aromatic N) is 3. The summed E-state index contributed by atoms with van der Waals surface area (Å²) in [5, 5.41) is 7.51. The molecule has 0 aliphatic heterocycles. The van der Waals surface area contributed by atoms with Crippen LogP contribution in [0.5, 0.6) is 0 Å². The minimum atomic E-state index is -0.0297. The first-order valence-electron chi connectivity index (χ1n) is 10.0. The van der Waals surface area contributed by atoms with Crippen molar-refractivity contribution >= 4 is 49.7 Å². The Hall–Kier alpha value is -3.71. The standard InChI is InChI=1S/C24H21N5OS/c1-29-21-5-3-2-4-20(21)28-23(29)15-26-18-6-7-22-16(12-18)13-19(31-22)14-24(30)27-17-8-10-25-11-9-17/h2-13,26H,14-15H2,1H3,(H,25,27,30). The fourth-order valence-corrected chi connectivity index (χ4v) is 4.67. The summed E-state index contributed by atoms with van der Waals surface area (Å²) < 4.78 is 3.28. The number of carbonyl (C=O) groups excluding carboxylic acids is 1. The van der Waals surface area contributed by atoms with Gasteiger partial charge in [0.15, 0.2) is 0 Å². The Morgan fingerprint density at radius 3 is 2.71 bits per heavy atom. The molecule has 2 aromatic carbocycles. The SMILES string of the molecule is Cn1c(CNc2ccc3sc(CC(=O)Nc4ccncc4)cc3c2)nc2ccccc21. The highest BCUT2D eigenvalue weighted by Gasteiger charge is 2.10. The lowest BCUT2D eigenvalue weighted by atomic mass is 10.2. The van der Waals surface area contributed by atoms with Crippen molar-refractivity contribution in [3.8, 4) is 0 Å². The molecule has 0 saturated heterocycles. The van der Waals surface area contributed by atoms with Gasteiger partial charge in [0.05, 0.1) is 24.0 Å². The van der Waals surface area contributed by atoms with Crippen LogP contribution in [-0.4, -0.2) is 20.4 Å². The van der Waals surface area contributed by atoms with E-state index in [-0.39, 0.29) is 5.91 Å². The number of aryl methyl sites for hydroxylation is 1. The van der Waals surface area contributed by atoms with Crippen LogP contribution in [0.15, 0.2) is 73.1 Å². The Kier molecular flexibility index (Phi) is 5.09. The molecule has 5 aromatic rings. The molecule has 0 bridgehead atoms. The van der Waals surface area contributed by atoms with Gasteiger partial charge in [0.1, 0.15) is 5.82 Å². The number of fused-ring (bicyclic) bond motifs is 2. The van der Waals surface area contributed by atoms with Crippen LogP contribution in [-0.2, 0) is 24.8 Å². The Bertz CT molecular complexity index is 1370. The first-order valence-corrected chi connectivity index (χ1v) is 10.8. The number of nitrogens with one attached hydrogen (secondary N) is 2. The van der Waals surface area contributed by atoms with Crippen molar-refractivity contribution in [1.29, 1.82) is 0 Å². The Labute approximate surface area is 183 Å². The molecule has 5 rings (SSSR count). The predicted molar refractivity (Wildman–Crippen MR) is 126 cm³/mol. The second-order valence-electron chi connectivity index (χ2n) is 7.36. The highest BCUT2D eigenvalue weighted by molar-refractivity contribution is 7.19. The van der Waals surface area contributed by atoms with Crippen molar-refractivity contribution in [2.75, 3.05) is 10.6 Å². The summed E-state index contributed by atoms with van der Waals surface area (Å²) in [6.45, 7) is 0.641. The van der Waals surface area contributed by atoms with Gasteiger partial charge in [-0.2, -0.15) is 0 Å². The molecule has 0 fully saturated rings. The van der Waals surface area contributed by atoms with Crippen molar-refractivity contribution in [3.63, 3.8) is 0 Å². The molecular formula is C24H21N5OS. The van der Waals surface area contributed by atoms with E-state index in [0.29, 0.717) is 13.0 Å². The van der Waals surface area contributed by atoms with Crippen molar-refractivity contribution in [1.82, 2.24) is 14.5 Å². The molecule has 6 nitrogen and oxygen atoms in total. The number of pyridine rings is 1. The quantitative estimate of drug-likeness (QED) is 0.401. The van der Waals surface area contributed by atoms with Gasteiger partial charge in [-0.05, 0) is 53.9 Å². The molecule has 7 heteroatoms. The van der Waals surface area contributed by atoms with Gasteiger partial charge in [-0.3, -0.25) is 9.78 Å². The number of benzene rings is 2. The molecule has 2 N–H and O–H groups in total. The first-order chi connectivity index (χ1) is 15.2. The molecule has 0 atom stereocenters. The van der Waals surface area contributed by atoms with Crippen LogP contribution in [0.3, 0.4) is 0 Å². The lowest BCUT2D eigenvalue weighted by Gasteiger charge is -2.07. The highest BCUT2D eigenvalue weighted by atomic mass is 32.1. The van der Waals surface area contributed by atoms with Gasteiger partial charge >= 0.3 is 0 Å². The largest absolute Gasteiger partial charge is 0.378 e. The fourth-order valence-electron chi connectivity index (χ4n) is 3.63. The van der Waals surface area contributed by atoms with E-state index in [1.54, 1.807) is 35.9 Å². The van der Waals surface area contributed by atoms with Crippen LogP contribution in [0, 0.1) is 0 Å². The average Bonchev–Trinajstić information content (AvgIpc) is 3.32. The molecule has 3 heterocycles. The molecule has 0 unspecified atom stereocenters. The van der Waals surface area contributed by atoms with E-state index in [4.69, 9.17) is 4.98 Å². The number of amides is 1. The monoisotopic (exact) mass is 427 g/mol. The van der Waals surface area contributed by atoms with Crippen LogP contribution in [0.1, 0.15) is 10.7 Å². The number of para-hydroxylation sites is 2. The number of carbonyl (C=O) groups is 1. The van der Waals surface area contributed by atoms with E-state index in [1.165, 1.54) is 4.70 Å². The Morgan fingerprint density at radius 1 is 1.03 bits per heavy atom. The van der Waals surface area contributed by atoms with Gasteiger partial charge < -0.3 is 15.2 Å². The molecule has 1 amide bonds. The number of thiophene rings is 1. The lowest BCUT2D eigenvalue weighted by Crippen LogP contribution is -2.13. The van der Waals surface area contributed by atoms with Crippen LogP contribution >= 0.6 is 11.3 Å². The van der Waals surface area contributed by atoms with E-state index in [0.717, 1.165) is 38.5 Å². The molecule has 0 aliphatic rings. The molecule has 0 aliphatic carbocycles. The molecule has 31 heavy (non-hydrogen) atoms. The summed E-state index contributed by atoms with van der Waals surface area (Å²) in [7, 11) is 2.04. The summed E-state index contributed by atoms with van der Waals surface area (Å²) in [5.41, 5.74) is 3.92. The van der Waals surface area contributed by atoms with Gasteiger partial charge in [0, 0.05) is 40.4 Å². The maximum absolute atomic E-state index is 12.3. The number of hydrogen-bond donors (Lipinski definition) is 2. The second-order valence-corrected chi connectivity index (χ2v) is 8.52. The summed E-state index contributed by atoms with van der Waals surface area (Å²) in [6.07, 6.45) is 3.68. The van der Waals surface area contributed by atoms with E-state index in [1.807, 2.05) is 25.2 Å². The van der Waals surface area contributed by atoms with Crippen LogP contribution < -0.4 is 10.6 Å². The molecule has 0 radical (unpaired) electrons. The maximum atomic E-state index is 12.3. The topological polar surface area (TPSA) is 71.8 Å². The highest BCUT2D eigenvalue weighted by Crippen LogP contribution is 2.29. The zero-order valence-electron chi connectivity index (χ0n) is 17.0. The number of rotatable bonds is 6. The Morgan fingerprint density at radius 2 is 1.87 bits per heavy atom. The zero-order valence-corrected chi connectivity index (χ0v) is 17.8. The third-order valence-corrected chi connectivity index (χ3v) is 6.31. The first kappa shape index (κ1) is 19.3. The van der Waals surface area contributed by atoms with Gasteiger partial charge in [-0.25, -0.2) is 4.98 Å². The number of aromatic nitrogens is 3. The van der Waals surface area contributed by atoms with Gasteiger partial charge in [0.2, 0.25) is 5.91 Å². The molecule has 0 spiro atoms. The van der Waals surface area contributed by atoms with Gasteiger partial charge in [-0.1, -0.05) is 12.1 Å². The summed E-state index contributed by atoms with van der Waals surface area (Å²) in [5.74, 6) is 0.957. The van der Waals surface area contributed by atoms with Crippen molar-refractivity contribution in [2.24, 2.45) is 7.05 Å². The minimum Gasteiger partial charge on any atom is -0.378 e. The van der Waals surface area contributed by atoms with E-state index < -0.39 is 0 Å². The fraction of sp³-hybridized carbons (Fsp3) is 0.125. The normalized spacial score (nSPS) is 11.1. The molecule has 154 valence electrons. The average molecular weight is 428 g/mol. The summed E-state index contributed by atoms with van der Waals surface area (Å²) in [4.78, 5) is 22.1. The summed E-state index contributed by atoms with van der Waals surface area (Å²) >= 11 is 1.65. The van der Waals surface area contributed by atoms with E-state index in [2.05, 4.69) is 50.5 Å². The van der Waals surface area contributed by atoms with Gasteiger partial charge in [-0.15, -0.1) is 11.3 Å².